The van der Waals surface area contributed by atoms with E-state index in [4.69, 9.17) is 21.4 Å². The third kappa shape index (κ3) is 4.68. The second kappa shape index (κ2) is 10.8. The van der Waals surface area contributed by atoms with Crippen LogP contribution in [0.5, 0.6) is 0 Å². The summed E-state index contributed by atoms with van der Waals surface area (Å²) in [5.41, 5.74) is 22.2. The van der Waals surface area contributed by atoms with Gasteiger partial charge in [0.25, 0.3) is 0 Å². The van der Waals surface area contributed by atoms with E-state index in [9.17, 15) is 0 Å². The summed E-state index contributed by atoms with van der Waals surface area (Å²) in [4.78, 5) is 9.92. The number of nitrogen functional groups attached to an aromatic ring is 2. The molecule has 0 spiro atoms. The fourth-order valence-electron chi connectivity index (χ4n) is 8.59. The van der Waals surface area contributed by atoms with E-state index >= 15 is 0 Å². The van der Waals surface area contributed by atoms with Crippen molar-refractivity contribution in [2.24, 2.45) is 11.8 Å². The minimum absolute atomic E-state index is 0.572. The SMILES string of the molecule is Nc1c2ccccc2nc2cccc(C3CCC(CC4CCC(c5cccc6nc7ccccc7c(N)c56)CC4)CC3)c12. The van der Waals surface area contributed by atoms with E-state index in [1.54, 1.807) is 0 Å². The Balaban J connectivity index is 0.937. The van der Waals surface area contributed by atoms with Gasteiger partial charge in [-0.05, 0) is 117 Å². The Bertz CT molecular complexity index is 1820. The van der Waals surface area contributed by atoms with Gasteiger partial charge >= 0.3 is 0 Å². The van der Waals surface area contributed by atoms with Crippen LogP contribution in [-0.4, -0.2) is 9.97 Å². The molecule has 0 saturated heterocycles. The Kier molecular flexibility index (Phi) is 6.66. The van der Waals surface area contributed by atoms with Crippen LogP contribution in [0.3, 0.4) is 0 Å². The monoisotopic (exact) mass is 564 g/mol. The van der Waals surface area contributed by atoms with E-state index < -0.39 is 0 Å². The number of hydrogen-bond donors (Lipinski definition) is 2. The van der Waals surface area contributed by atoms with Crippen molar-refractivity contribution in [1.29, 1.82) is 0 Å². The highest BCUT2D eigenvalue weighted by molar-refractivity contribution is 6.08. The van der Waals surface area contributed by atoms with Gasteiger partial charge in [0.05, 0.1) is 33.4 Å². The van der Waals surface area contributed by atoms with Crippen molar-refractivity contribution >= 4 is 55.0 Å². The molecule has 0 bridgehead atoms. The second-order valence-electron chi connectivity index (χ2n) is 13.2. The number of aromatic nitrogens is 2. The van der Waals surface area contributed by atoms with Crippen molar-refractivity contribution in [3.63, 3.8) is 0 Å². The number of pyridine rings is 2. The minimum Gasteiger partial charge on any atom is -0.398 e. The molecule has 216 valence electrons. The van der Waals surface area contributed by atoms with Gasteiger partial charge in [0.1, 0.15) is 0 Å². The van der Waals surface area contributed by atoms with Gasteiger partial charge in [-0.15, -0.1) is 0 Å². The van der Waals surface area contributed by atoms with E-state index in [0.29, 0.717) is 11.8 Å². The third-order valence-electron chi connectivity index (χ3n) is 10.8. The Hall–Kier alpha value is -4.18. The Labute approximate surface area is 253 Å². The maximum atomic E-state index is 6.78. The maximum absolute atomic E-state index is 6.78. The van der Waals surface area contributed by atoms with Gasteiger partial charge in [0, 0.05) is 21.5 Å². The van der Waals surface area contributed by atoms with Crippen LogP contribution >= 0.6 is 0 Å². The highest BCUT2D eigenvalue weighted by Crippen LogP contribution is 2.46. The van der Waals surface area contributed by atoms with E-state index in [1.807, 2.05) is 12.1 Å². The van der Waals surface area contributed by atoms with Crippen LogP contribution in [0.2, 0.25) is 0 Å². The van der Waals surface area contributed by atoms with Crippen LogP contribution < -0.4 is 11.5 Å². The molecule has 0 amide bonds. The van der Waals surface area contributed by atoms with Gasteiger partial charge in [-0.3, -0.25) is 0 Å². The summed E-state index contributed by atoms with van der Waals surface area (Å²) in [6.45, 7) is 0. The standard InChI is InChI=1S/C39H40N4/c40-38-30-7-1-3-11-32(30)42-34-13-5-9-28(36(34)38)26-19-15-24(16-20-26)23-25-17-21-27(22-18-25)29-10-6-14-35-37(29)39(41)31-8-2-4-12-33(31)43-35/h1-14,24-27H,15-23H2,(H2,40,42)(H2,41,43). The molecule has 0 atom stereocenters. The van der Waals surface area contributed by atoms with Gasteiger partial charge < -0.3 is 11.5 Å². The molecule has 8 rings (SSSR count). The van der Waals surface area contributed by atoms with Gasteiger partial charge in [0.2, 0.25) is 0 Å². The smallest absolute Gasteiger partial charge is 0.0733 e. The first-order chi connectivity index (χ1) is 21.1. The third-order valence-corrected chi connectivity index (χ3v) is 10.8. The summed E-state index contributed by atoms with van der Waals surface area (Å²) >= 11 is 0. The second-order valence-corrected chi connectivity index (χ2v) is 13.2. The average molecular weight is 565 g/mol. The summed E-state index contributed by atoms with van der Waals surface area (Å²) in [5.74, 6) is 2.82. The van der Waals surface area contributed by atoms with E-state index in [0.717, 1.165) is 56.0 Å². The normalized spacial score (nSPS) is 22.9. The van der Waals surface area contributed by atoms with Crippen LogP contribution in [-0.2, 0) is 0 Å². The zero-order valence-electron chi connectivity index (χ0n) is 24.8. The van der Waals surface area contributed by atoms with Gasteiger partial charge in [-0.25, -0.2) is 9.97 Å². The minimum atomic E-state index is 0.572. The topological polar surface area (TPSA) is 77.8 Å². The van der Waals surface area contributed by atoms with Crippen LogP contribution in [0.15, 0.2) is 84.9 Å². The molecule has 0 unspecified atom stereocenters. The lowest BCUT2D eigenvalue weighted by atomic mass is 9.71. The van der Waals surface area contributed by atoms with Crippen molar-refractivity contribution < 1.29 is 0 Å². The zero-order chi connectivity index (χ0) is 28.9. The molecule has 0 radical (unpaired) electrons. The molecule has 2 heterocycles. The van der Waals surface area contributed by atoms with Crippen molar-refractivity contribution in [3.05, 3.63) is 96.1 Å². The van der Waals surface area contributed by atoms with Crippen molar-refractivity contribution in [3.8, 4) is 0 Å². The first kappa shape index (κ1) is 26.4. The fraction of sp³-hybridized carbons (Fsp3) is 0.333. The molecule has 0 aliphatic heterocycles. The highest BCUT2D eigenvalue weighted by Gasteiger charge is 2.30. The molecule has 43 heavy (non-hydrogen) atoms. The quantitative estimate of drug-likeness (QED) is 0.209. The average Bonchev–Trinajstić information content (AvgIpc) is 3.05. The highest BCUT2D eigenvalue weighted by atomic mass is 14.7. The number of benzene rings is 4. The molecular weight excluding hydrogens is 524 g/mol. The number of hydrogen-bond acceptors (Lipinski definition) is 4. The lowest BCUT2D eigenvalue weighted by Crippen LogP contribution is -2.20. The Morgan fingerprint density at radius 2 is 0.860 bits per heavy atom. The number of anilines is 2. The Morgan fingerprint density at radius 3 is 1.30 bits per heavy atom. The summed E-state index contributed by atoms with van der Waals surface area (Å²) in [6.07, 6.45) is 11.7. The summed E-state index contributed by atoms with van der Waals surface area (Å²) in [7, 11) is 0. The number of para-hydroxylation sites is 2. The number of rotatable bonds is 4. The number of fused-ring (bicyclic) bond motifs is 4. The molecule has 2 aromatic heterocycles. The van der Waals surface area contributed by atoms with Gasteiger partial charge in [0.15, 0.2) is 0 Å². The molecule has 4 N–H and O–H groups in total. The van der Waals surface area contributed by atoms with Crippen molar-refractivity contribution in [2.45, 2.75) is 69.6 Å². The molecule has 2 aliphatic carbocycles. The summed E-state index contributed by atoms with van der Waals surface area (Å²) < 4.78 is 0. The number of nitrogens with two attached hydrogens (primary N) is 2. The molecule has 4 aromatic carbocycles. The maximum Gasteiger partial charge on any atom is 0.0733 e. The van der Waals surface area contributed by atoms with Crippen LogP contribution in [0.25, 0.3) is 43.6 Å². The molecular formula is C39H40N4. The number of nitrogens with zero attached hydrogens (tertiary/aromatic N) is 2. The molecule has 2 fully saturated rings. The van der Waals surface area contributed by atoms with Gasteiger partial charge in [-0.1, -0.05) is 60.7 Å². The molecule has 2 aliphatic rings. The molecule has 6 aromatic rings. The molecule has 4 heteroatoms. The summed E-state index contributed by atoms with van der Waals surface area (Å²) in [5, 5.41) is 4.51. The lowest BCUT2D eigenvalue weighted by molar-refractivity contribution is 0.225. The van der Waals surface area contributed by atoms with Crippen LogP contribution in [0.4, 0.5) is 11.4 Å². The van der Waals surface area contributed by atoms with Crippen molar-refractivity contribution in [1.82, 2.24) is 9.97 Å². The lowest BCUT2D eigenvalue weighted by Gasteiger charge is -2.35. The Morgan fingerprint density at radius 1 is 0.465 bits per heavy atom. The summed E-state index contributed by atoms with van der Waals surface area (Å²) in [6, 6.07) is 29.7. The predicted octanol–water partition coefficient (Wildman–Crippen LogP) is 9.89. The fourth-order valence-corrected chi connectivity index (χ4v) is 8.59. The van der Waals surface area contributed by atoms with Crippen LogP contribution in [0, 0.1) is 11.8 Å². The van der Waals surface area contributed by atoms with Gasteiger partial charge in [-0.2, -0.15) is 0 Å². The predicted molar refractivity (Wildman–Crippen MR) is 181 cm³/mol. The first-order valence-corrected chi connectivity index (χ1v) is 16.3. The van der Waals surface area contributed by atoms with E-state index in [2.05, 4.69) is 72.8 Å². The molecule has 2 saturated carbocycles. The van der Waals surface area contributed by atoms with E-state index in [1.165, 1.54) is 79.7 Å². The first-order valence-electron chi connectivity index (χ1n) is 16.3. The van der Waals surface area contributed by atoms with Crippen LogP contribution in [0.1, 0.15) is 80.8 Å². The zero-order valence-corrected chi connectivity index (χ0v) is 24.8. The largest absolute Gasteiger partial charge is 0.398 e. The van der Waals surface area contributed by atoms with E-state index in [-0.39, 0.29) is 0 Å². The molecule has 4 nitrogen and oxygen atoms in total. The van der Waals surface area contributed by atoms with Crippen molar-refractivity contribution in [2.75, 3.05) is 11.5 Å².